The first-order valence-electron chi connectivity index (χ1n) is 7.84. The third kappa shape index (κ3) is 3.42. The van der Waals surface area contributed by atoms with Crippen LogP contribution in [0.2, 0.25) is 0 Å². The van der Waals surface area contributed by atoms with Gasteiger partial charge in [-0.1, -0.05) is 30.3 Å². The van der Waals surface area contributed by atoms with E-state index in [0.717, 1.165) is 12.1 Å². The number of carbonyl (C=O) groups excluding carboxylic acids is 2. The van der Waals surface area contributed by atoms with Crippen LogP contribution in [-0.4, -0.2) is 18.5 Å². The van der Waals surface area contributed by atoms with Gasteiger partial charge in [0.05, 0.1) is 13.0 Å². The van der Waals surface area contributed by atoms with Crippen molar-refractivity contribution in [3.63, 3.8) is 0 Å². The van der Waals surface area contributed by atoms with Crippen molar-refractivity contribution in [1.82, 2.24) is 0 Å². The maximum Gasteiger partial charge on any atom is 0.306 e. The summed E-state index contributed by atoms with van der Waals surface area (Å²) in [6.07, 6.45) is 1.17. The number of hydrogen-bond acceptors (Lipinski definition) is 3. The van der Waals surface area contributed by atoms with E-state index >= 15 is 0 Å². The fraction of sp³-hybridized carbons (Fsp3) is 0.263. The Morgan fingerprint density at radius 3 is 2.65 bits per heavy atom. The second kappa shape index (κ2) is 6.65. The molecule has 4 heteroatoms. The van der Waals surface area contributed by atoms with E-state index in [4.69, 9.17) is 4.74 Å². The fourth-order valence-electron chi connectivity index (χ4n) is 2.87. The third-order valence-electron chi connectivity index (χ3n) is 3.94. The summed E-state index contributed by atoms with van der Waals surface area (Å²) >= 11 is 0. The molecule has 2 aromatic carbocycles. The van der Waals surface area contributed by atoms with Gasteiger partial charge in [-0.2, -0.15) is 0 Å². The average Bonchev–Trinajstić information content (AvgIpc) is 2.91. The Morgan fingerprint density at radius 2 is 1.83 bits per heavy atom. The standard InChI is InChI=1S/C19H19NO3/c1-2-23-19(22)10-9-18(21)20-15-8-7-14-11-13-5-3-4-6-16(13)17(14)12-15/h3-8,12H,2,9-11H2,1H3,(H,20,21). The van der Waals surface area contributed by atoms with E-state index in [9.17, 15) is 9.59 Å². The predicted molar refractivity (Wildman–Crippen MR) is 89.2 cm³/mol. The predicted octanol–water partition coefficient (Wildman–Crippen LogP) is 3.54. The zero-order chi connectivity index (χ0) is 16.2. The summed E-state index contributed by atoms with van der Waals surface area (Å²) in [5.74, 6) is -0.519. The minimum absolute atomic E-state index is 0.105. The van der Waals surface area contributed by atoms with Gasteiger partial charge in [-0.3, -0.25) is 9.59 Å². The quantitative estimate of drug-likeness (QED) is 0.733. The molecular formula is C19H19NO3. The zero-order valence-electron chi connectivity index (χ0n) is 13.1. The number of rotatable bonds is 5. The molecule has 23 heavy (non-hydrogen) atoms. The number of amides is 1. The molecule has 0 saturated heterocycles. The van der Waals surface area contributed by atoms with Gasteiger partial charge in [0.1, 0.15) is 0 Å². The first-order chi connectivity index (χ1) is 11.2. The lowest BCUT2D eigenvalue weighted by atomic mass is 10.1. The Morgan fingerprint density at radius 1 is 1.04 bits per heavy atom. The number of carbonyl (C=O) groups is 2. The van der Waals surface area contributed by atoms with Crippen LogP contribution in [0.25, 0.3) is 11.1 Å². The Labute approximate surface area is 135 Å². The van der Waals surface area contributed by atoms with Crippen molar-refractivity contribution in [3.05, 3.63) is 53.6 Å². The minimum atomic E-state index is -0.342. The molecule has 0 aromatic heterocycles. The molecule has 2 aromatic rings. The fourth-order valence-corrected chi connectivity index (χ4v) is 2.87. The van der Waals surface area contributed by atoms with Crippen molar-refractivity contribution in [2.45, 2.75) is 26.2 Å². The van der Waals surface area contributed by atoms with Crippen molar-refractivity contribution in [2.75, 3.05) is 11.9 Å². The molecule has 1 N–H and O–H groups in total. The molecule has 0 radical (unpaired) electrons. The van der Waals surface area contributed by atoms with E-state index in [1.807, 2.05) is 24.3 Å². The van der Waals surface area contributed by atoms with Crippen molar-refractivity contribution in [2.24, 2.45) is 0 Å². The Hall–Kier alpha value is -2.62. The van der Waals surface area contributed by atoms with E-state index in [-0.39, 0.29) is 24.7 Å². The molecule has 118 valence electrons. The SMILES string of the molecule is CCOC(=O)CCC(=O)Nc1ccc2c(c1)-c1ccccc1C2. The maximum atomic E-state index is 11.9. The largest absolute Gasteiger partial charge is 0.466 e. The van der Waals surface area contributed by atoms with E-state index in [2.05, 4.69) is 23.5 Å². The lowest BCUT2D eigenvalue weighted by Gasteiger charge is -2.08. The average molecular weight is 309 g/mol. The molecule has 0 atom stereocenters. The van der Waals surface area contributed by atoms with Crippen LogP contribution in [0.4, 0.5) is 5.69 Å². The molecule has 0 aliphatic heterocycles. The molecule has 1 amide bonds. The van der Waals surface area contributed by atoms with Gasteiger partial charge in [0.2, 0.25) is 5.91 Å². The van der Waals surface area contributed by atoms with Crippen LogP contribution >= 0.6 is 0 Å². The van der Waals surface area contributed by atoms with E-state index in [1.165, 1.54) is 22.3 Å². The number of hydrogen-bond donors (Lipinski definition) is 1. The molecule has 3 rings (SSSR count). The monoisotopic (exact) mass is 309 g/mol. The number of fused-ring (bicyclic) bond motifs is 3. The molecular weight excluding hydrogens is 290 g/mol. The number of benzene rings is 2. The maximum absolute atomic E-state index is 11.9. The Kier molecular flexibility index (Phi) is 4.42. The first kappa shape index (κ1) is 15.3. The Balaban J connectivity index is 1.67. The smallest absolute Gasteiger partial charge is 0.306 e. The summed E-state index contributed by atoms with van der Waals surface area (Å²) in [7, 11) is 0. The topological polar surface area (TPSA) is 55.4 Å². The second-order valence-corrected chi connectivity index (χ2v) is 5.56. The van der Waals surface area contributed by atoms with Crippen LogP contribution in [0.5, 0.6) is 0 Å². The number of ether oxygens (including phenoxy) is 1. The van der Waals surface area contributed by atoms with E-state index in [1.54, 1.807) is 6.92 Å². The number of nitrogens with one attached hydrogen (secondary N) is 1. The van der Waals surface area contributed by atoms with Crippen LogP contribution in [-0.2, 0) is 20.7 Å². The normalized spacial score (nSPS) is 11.5. The molecule has 0 unspecified atom stereocenters. The van der Waals surface area contributed by atoms with Gasteiger partial charge in [-0.05, 0) is 47.7 Å². The zero-order valence-corrected chi connectivity index (χ0v) is 13.1. The molecule has 0 bridgehead atoms. The van der Waals surface area contributed by atoms with Gasteiger partial charge < -0.3 is 10.1 Å². The highest BCUT2D eigenvalue weighted by molar-refractivity contribution is 5.93. The third-order valence-corrected chi connectivity index (χ3v) is 3.94. The lowest BCUT2D eigenvalue weighted by Crippen LogP contribution is -2.14. The minimum Gasteiger partial charge on any atom is -0.466 e. The number of anilines is 1. The van der Waals surface area contributed by atoms with Gasteiger partial charge >= 0.3 is 5.97 Å². The van der Waals surface area contributed by atoms with Gasteiger partial charge in [-0.15, -0.1) is 0 Å². The Bertz CT molecular complexity index is 752. The highest BCUT2D eigenvalue weighted by Gasteiger charge is 2.18. The molecule has 0 saturated carbocycles. The lowest BCUT2D eigenvalue weighted by molar-refractivity contribution is -0.144. The molecule has 0 heterocycles. The van der Waals surface area contributed by atoms with Crippen molar-refractivity contribution >= 4 is 17.6 Å². The van der Waals surface area contributed by atoms with Crippen molar-refractivity contribution < 1.29 is 14.3 Å². The van der Waals surface area contributed by atoms with Crippen LogP contribution < -0.4 is 5.32 Å². The van der Waals surface area contributed by atoms with Gasteiger partial charge in [0, 0.05) is 12.1 Å². The van der Waals surface area contributed by atoms with E-state index < -0.39 is 0 Å². The molecule has 4 nitrogen and oxygen atoms in total. The molecule has 1 aliphatic rings. The number of esters is 1. The summed E-state index contributed by atoms with van der Waals surface area (Å²) < 4.78 is 4.82. The highest BCUT2D eigenvalue weighted by Crippen LogP contribution is 2.37. The van der Waals surface area contributed by atoms with Crippen molar-refractivity contribution in [3.8, 4) is 11.1 Å². The first-order valence-corrected chi connectivity index (χ1v) is 7.84. The molecule has 0 spiro atoms. The van der Waals surface area contributed by atoms with Crippen LogP contribution in [0.15, 0.2) is 42.5 Å². The summed E-state index contributed by atoms with van der Waals surface area (Å²) in [5, 5.41) is 2.85. The van der Waals surface area contributed by atoms with Crippen molar-refractivity contribution in [1.29, 1.82) is 0 Å². The second-order valence-electron chi connectivity index (χ2n) is 5.56. The molecule has 0 fully saturated rings. The van der Waals surface area contributed by atoms with Crippen LogP contribution in [0.1, 0.15) is 30.9 Å². The van der Waals surface area contributed by atoms with Gasteiger partial charge in [0.15, 0.2) is 0 Å². The van der Waals surface area contributed by atoms with E-state index in [0.29, 0.717) is 6.61 Å². The summed E-state index contributed by atoms with van der Waals surface area (Å²) in [6, 6.07) is 14.3. The van der Waals surface area contributed by atoms with Crippen LogP contribution in [0.3, 0.4) is 0 Å². The van der Waals surface area contributed by atoms with Crippen LogP contribution in [0, 0.1) is 0 Å². The molecule has 1 aliphatic carbocycles. The highest BCUT2D eigenvalue weighted by atomic mass is 16.5. The summed E-state index contributed by atoms with van der Waals surface area (Å²) in [6.45, 7) is 2.09. The summed E-state index contributed by atoms with van der Waals surface area (Å²) in [5.41, 5.74) is 5.74. The summed E-state index contributed by atoms with van der Waals surface area (Å²) in [4.78, 5) is 23.2. The van der Waals surface area contributed by atoms with Gasteiger partial charge in [-0.25, -0.2) is 0 Å². The van der Waals surface area contributed by atoms with Gasteiger partial charge in [0.25, 0.3) is 0 Å².